The fourth-order valence-electron chi connectivity index (χ4n) is 3.47. The molecule has 0 aromatic heterocycles. The van der Waals surface area contributed by atoms with Gasteiger partial charge in [-0.05, 0) is 44.5 Å². The van der Waals surface area contributed by atoms with Crippen LogP contribution >= 0.6 is 11.6 Å². The Kier molecular flexibility index (Phi) is 7.09. The van der Waals surface area contributed by atoms with Gasteiger partial charge < -0.3 is 15.0 Å². The Bertz CT molecular complexity index is 1030. The highest BCUT2D eigenvalue weighted by Crippen LogP contribution is 2.36. The average Bonchev–Trinajstić information content (AvgIpc) is 3.18. The van der Waals surface area contributed by atoms with Crippen LogP contribution < -0.4 is 10.1 Å². The van der Waals surface area contributed by atoms with Crippen molar-refractivity contribution in [2.24, 2.45) is 5.10 Å². The molecule has 1 unspecified atom stereocenters. The maximum absolute atomic E-state index is 13.3. The van der Waals surface area contributed by atoms with Crippen molar-refractivity contribution < 1.29 is 14.3 Å². The maximum atomic E-state index is 13.3. The number of ether oxygens (including phenoxy) is 1. The molecule has 0 saturated heterocycles. The number of hydrogen-bond donors (Lipinski definition) is 1. The molecule has 0 saturated carbocycles. The number of nitrogens with zero attached hydrogens (tertiary/aromatic N) is 3. The summed E-state index contributed by atoms with van der Waals surface area (Å²) < 4.78 is 5.33. The monoisotopic (exact) mass is 456 g/mol. The normalized spacial score (nSPS) is 15.9. The van der Waals surface area contributed by atoms with Gasteiger partial charge in [0, 0.05) is 29.6 Å². The van der Waals surface area contributed by atoms with E-state index in [1.807, 2.05) is 63.2 Å². The molecular weight excluding hydrogens is 428 g/mol. The standard InChI is InChI=1S/C24H29ClN4O3/c1-24(2,3)26-23(31)28(4)15-22(30)29-21(18-11-6-7-12-19(18)25)14-20(27-29)16-9-8-10-17(13-16)32-5/h6-13,21H,14-15H2,1-5H3,(H,26,31). The number of likely N-dealkylation sites (N-methyl/N-ethyl adjacent to an activating group) is 1. The molecule has 0 bridgehead atoms. The number of methoxy groups -OCH3 is 1. The van der Waals surface area contributed by atoms with E-state index in [4.69, 9.17) is 16.3 Å². The van der Waals surface area contributed by atoms with Crippen molar-refractivity contribution in [1.82, 2.24) is 15.2 Å². The summed E-state index contributed by atoms with van der Waals surface area (Å²) in [7, 11) is 3.20. The van der Waals surface area contributed by atoms with Crippen molar-refractivity contribution >= 4 is 29.3 Å². The number of urea groups is 1. The first-order valence-corrected chi connectivity index (χ1v) is 10.8. The summed E-state index contributed by atoms with van der Waals surface area (Å²) in [6.07, 6.45) is 0.501. The molecule has 1 atom stereocenters. The number of rotatable bonds is 5. The smallest absolute Gasteiger partial charge is 0.318 e. The van der Waals surface area contributed by atoms with Crippen molar-refractivity contribution in [3.63, 3.8) is 0 Å². The van der Waals surface area contributed by atoms with Gasteiger partial charge >= 0.3 is 6.03 Å². The van der Waals surface area contributed by atoms with Crippen LogP contribution in [0.25, 0.3) is 0 Å². The third-order valence-corrected chi connectivity index (χ3v) is 5.38. The van der Waals surface area contributed by atoms with Crippen LogP contribution in [0.5, 0.6) is 5.75 Å². The van der Waals surface area contributed by atoms with Gasteiger partial charge in [-0.15, -0.1) is 0 Å². The number of halogens is 1. The lowest BCUT2D eigenvalue weighted by Gasteiger charge is -2.28. The highest BCUT2D eigenvalue weighted by Gasteiger charge is 2.35. The first-order valence-electron chi connectivity index (χ1n) is 10.4. The van der Waals surface area contributed by atoms with Crippen molar-refractivity contribution in [2.45, 2.75) is 38.8 Å². The largest absolute Gasteiger partial charge is 0.497 e. The minimum atomic E-state index is -0.403. The molecule has 1 N–H and O–H groups in total. The zero-order chi connectivity index (χ0) is 23.5. The molecule has 3 amide bonds. The Morgan fingerprint density at radius 1 is 1.22 bits per heavy atom. The van der Waals surface area contributed by atoms with E-state index in [9.17, 15) is 9.59 Å². The Labute approximate surface area is 194 Å². The summed E-state index contributed by atoms with van der Waals surface area (Å²) in [5, 5.41) is 9.51. The molecule has 1 aliphatic rings. The van der Waals surface area contributed by atoms with Crippen LogP contribution in [0.1, 0.15) is 44.4 Å². The first-order chi connectivity index (χ1) is 15.1. The molecule has 1 heterocycles. The molecule has 0 aliphatic carbocycles. The lowest BCUT2D eigenvalue weighted by molar-refractivity contribution is -0.133. The van der Waals surface area contributed by atoms with Crippen molar-refractivity contribution in [1.29, 1.82) is 0 Å². The number of hydrazone groups is 1. The summed E-state index contributed by atoms with van der Waals surface area (Å²) in [4.78, 5) is 27.1. The topological polar surface area (TPSA) is 74.2 Å². The van der Waals surface area contributed by atoms with Gasteiger partial charge in [-0.25, -0.2) is 9.80 Å². The van der Waals surface area contributed by atoms with E-state index in [0.717, 1.165) is 16.8 Å². The fraction of sp³-hybridized carbons (Fsp3) is 0.375. The predicted molar refractivity (Wildman–Crippen MR) is 126 cm³/mol. The lowest BCUT2D eigenvalue weighted by Crippen LogP contribution is -2.49. The SMILES string of the molecule is COc1cccc(C2=NN(C(=O)CN(C)C(=O)NC(C)(C)C)C(c3ccccc3Cl)C2)c1. The molecule has 3 rings (SSSR count). The predicted octanol–water partition coefficient (Wildman–Crippen LogP) is 4.47. The van der Waals surface area contributed by atoms with Crippen LogP contribution in [-0.4, -0.2) is 53.8 Å². The summed E-state index contributed by atoms with van der Waals surface area (Å²) in [5.74, 6) is 0.419. The molecule has 170 valence electrons. The fourth-order valence-corrected chi connectivity index (χ4v) is 3.73. The Morgan fingerprint density at radius 3 is 2.59 bits per heavy atom. The van der Waals surface area contributed by atoms with E-state index in [0.29, 0.717) is 17.2 Å². The number of amides is 3. The van der Waals surface area contributed by atoms with E-state index in [-0.39, 0.29) is 24.5 Å². The summed E-state index contributed by atoms with van der Waals surface area (Å²) in [6, 6.07) is 14.3. The summed E-state index contributed by atoms with van der Waals surface area (Å²) in [5.41, 5.74) is 2.03. The third kappa shape index (κ3) is 5.59. The second kappa shape index (κ2) is 9.61. The lowest BCUT2D eigenvalue weighted by atomic mass is 9.98. The third-order valence-electron chi connectivity index (χ3n) is 5.03. The Balaban J connectivity index is 1.89. The molecule has 32 heavy (non-hydrogen) atoms. The van der Waals surface area contributed by atoms with Gasteiger partial charge in [-0.1, -0.05) is 41.9 Å². The van der Waals surface area contributed by atoms with E-state index in [1.165, 1.54) is 9.91 Å². The molecule has 0 fully saturated rings. The van der Waals surface area contributed by atoms with Gasteiger partial charge in [0.05, 0.1) is 18.9 Å². The molecule has 7 nitrogen and oxygen atoms in total. The molecule has 2 aromatic rings. The van der Waals surface area contributed by atoms with E-state index in [2.05, 4.69) is 10.4 Å². The first kappa shape index (κ1) is 23.6. The summed E-state index contributed by atoms with van der Waals surface area (Å²) >= 11 is 6.46. The van der Waals surface area contributed by atoms with Gasteiger partial charge in [-0.2, -0.15) is 5.10 Å². The molecule has 8 heteroatoms. The van der Waals surface area contributed by atoms with E-state index < -0.39 is 5.54 Å². The Hall–Kier alpha value is -3.06. The number of benzene rings is 2. The van der Waals surface area contributed by atoms with E-state index in [1.54, 1.807) is 20.2 Å². The molecule has 0 radical (unpaired) electrons. The van der Waals surface area contributed by atoms with Crippen molar-refractivity contribution in [3.05, 3.63) is 64.7 Å². The molecule has 1 aliphatic heterocycles. The average molecular weight is 457 g/mol. The zero-order valence-electron chi connectivity index (χ0n) is 19.1. The number of carbonyl (C=O) groups is 2. The van der Waals surface area contributed by atoms with Gasteiger partial charge in [0.25, 0.3) is 5.91 Å². The van der Waals surface area contributed by atoms with Crippen LogP contribution in [-0.2, 0) is 4.79 Å². The maximum Gasteiger partial charge on any atom is 0.318 e. The van der Waals surface area contributed by atoms with Crippen molar-refractivity contribution in [3.8, 4) is 5.75 Å². The second-order valence-electron chi connectivity index (χ2n) is 8.79. The minimum absolute atomic E-state index is 0.113. The van der Waals surface area contributed by atoms with Crippen molar-refractivity contribution in [2.75, 3.05) is 20.7 Å². The van der Waals surface area contributed by atoms with Crippen LogP contribution in [0.3, 0.4) is 0 Å². The minimum Gasteiger partial charge on any atom is -0.497 e. The van der Waals surface area contributed by atoms with Gasteiger partial charge in [0.2, 0.25) is 0 Å². The molecule has 0 spiro atoms. The highest BCUT2D eigenvalue weighted by molar-refractivity contribution is 6.31. The quantitative estimate of drug-likeness (QED) is 0.721. The molecule has 2 aromatic carbocycles. The summed E-state index contributed by atoms with van der Waals surface area (Å²) in [6.45, 7) is 5.55. The highest BCUT2D eigenvalue weighted by atomic mass is 35.5. The molecular formula is C24H29ClN4O3. The van der Waals surface area contributed by atoms with Crippen LogP contribution in [0.15, 0.2) is 53.6 Å². The zero-order valence-corrected chi connectivity index (χ0v) is 19.8. The Morgan fingerprint density at radius 2 is 1.94 bits per heavy atom. The van der Waals surface area contributed by atoms with Crippen LogP contribution in [0, 0.1) is 0 Å². The number of nitrogens with one attached hydrogen (secondary N) is 1. The van der Waals surface area contributed by atoms with Gasteiger partial charge in [-0.3, -0.25) is 4.79 Å². The van der Waals surface area contributed by atoms with Gasteiger partial charge in [0.1, 0.15) is 12.3 Å². The van der Waals surface area contributed by atoms with Crippen LogP contribution in [0.4, 0.5) is 4.79 Å². The van der Waals surface area contributed by atoms with Crippen LogP contribution in [0.2, 0.25) is 5.02 Å². The number of carbonyl (C=O) groups excluding carboxylic acids is 2. The second-order valence-corrected chi connectivity index (χ2v) is 9.20. The van der Waals surface area contributed by atoms with Gasteiger partial charge in [0.15, 0.2) is 0 Å². The number of hydrogen-bond acceptors (Lipinski definition) is 4. The van der Waals surface area contributed by atoms with E-state index >= 15 is 0 Å².